The van der Waals surface area contributed by atoms with E-state index in [1.165, 1.54) is 6.20 Å². The number of aromatic nitrogens is 2. The van der Waals surface area contributed by atoms with Crippen molar-refractivity contribution in [1.29, 1.82) is 5.26 Å². The van der Waals surface area contributed by atoms with Crippen molar-refractivity contribution in [2.24, 2.45) is 5.41 Å². The standard InChI is InChI=1S/C14H18N4O2/c1-2-4-14(13(19)20)5-8-18(9-6-14)12-11(10-15)3-7-16-17-12/h3,7H,2,4-6,8-9H2,1H3,(H,19,20). The van der Waals surface area contributed by atoms with Gasteiger partial charge >= 0.3 is 5.97 Å². The minimum atomic E-state index is -0.710. The van der Waals surface area contributed by atoms with E-state index in [4.69, 9.17) is 5.26 Å². The van der Waals surface area contributed by atoms with E-state index in [1.807, 2.05) is 11.8 Å². The first kappa shape index (κ1) is 14.3. The molecule has 1 aromatic heterocycles. The van der Waals surface area contributed by atoms with Gasteiger partial charge in [-0.1, -0.05) is 13.3 Å². The third kappa shape index (κ3) is 2.57. The van der Waals surface area contributed by atoms with Gasteiger partial charge in [0.1, 0.15) is 6.07 Å². The van der Waals surface area contributed by atoms with Crippen molar-refractivity contribution in [2.75, 3.05) is 18.0 Å². The second-order valence-electron chi connectivity index (χ2n) is 5.20. The first-order valence-electron chi connectivity index (χ1n) is 6.83. The van der Waals surface area contributed by atoms with Crippen LogP contribution in [-0.2, 0) is 4.79 Å². The molecule has 0 amide bonds. The number of piperidine rings is 1. The number of carboxylic acids is 1. The summed E-state index contributed by atoms with van der Waals surface area (Å²) in [6.45, 7) is 3.20. The number of nitrogens with zero attached hydrogens (tertiary/aromatic N) is 4. The lowest BCUT2D eigenvalue weighted by atomic mass is 9.75. The van der Waals surface area contributed by atoms with Crippen molar-refractivity contribution in [3.8, 4) is 6.07 Å². The lowest BCUT2D eigenvalue weighted by Crippen LogP contribution is -2.45. The molecule has 6 heteroatoms. The molecule has 1 fully saturated rings. The summed E-state index contributed by atoms with van der Waals surface area (Å²) >= 11 is 0. The van der Waals surface area contributed by atoms with Crippen molar-refractivity contribution < 1.29 is 9.90 Å². The Bertz CT molecular complexity index is 530. The largest absolute Gasteiger partial charge is 0.481 e. The van der Waals surface area contributed by atoms with Gasteiger partial charge in [-0.3, -0.25) is 4.79 Å². The molecule has 0 aliphatic carbocycles. The van der Waals surface area contributed by atoms with Crippen LogP contribution in [0.5, 0.6) is 0 Å². The molecule has 1 saturated heterocycles. The van der Waals surface area contributed by atoms with Crippen LogP contribution in [0.4, 0.5) is 5.82 Å². The van der Waals surface area contributed by atoms with E-state index in [0.717, 1.165) is 6.42 Å². The molecule has 1 N–H and O–H groups in total. The van der Waals surface area contributed by atoms with Crippen LogP contribution < -0.4 is 4.90 Å². The minimum absolute atomic E-state index is 0.485. The molecule has 2 heterocycles. The molecule has 0 unspecified atom stereocenters. The van der Waals surface area contributed by atoms with Gasteiger partial charge in [-0.25, -0.2) is 0 Å². The first-order chi connectivity index (χ1) is 9.63. The molecule has 1 aromatic rings. The summed E-state index contributed by atoms with van der Waals surface area (Å²) < 4.78 is 0. The number of carboxylic acid groups (broad SMARTS) is 1. The highest BCUT2D eigenvalue weighted by Crippen LogP contribution is 2.37. The predicted molar refractivity (Wildman–Crippen MR) is 73.2 cm³/mol. The Balaban J connectivity index is 2.15. The summed E-state index contributed by atoms with van der Waals surface area (Å²) in [6.07, 6.45) is 4.21. The number of carbonyl (C=O) groups is 1. The normalized spacial score (nSPS) is 17.5. The smallest absolute Gasteiger partial charge is 0.309 e. The van der Waals surface area contributed by atoms with Gasteiger partial charge in [0.05, 0.1) is 17.2 Å². The SMILES string of the molecule is CCCC1(C(=O)O)CCN(c2nnccc2C#N)CC1. The fourth-order valence-corrected chi connectivity index (χ4v) is 2.84. The average Bonchev–Trinajstić information content (AvgIpc) is 2.48. The van der Waals surface area contributed by atoms with Gasteiger partial charge in [0, 0.05) is 13.1 Å². The van der Waals surface area contributed by atoms with Gasteiger partial charge in [0.15, 0.2) is 5.82 Å². The van der Waals surface area contributed by atoms with E-state index in [-0.39, 0.29) is 0 Å². The summed E-state index contributed by atoms with van der Waals surface area (Å²) in [4.78, 5) is 13.5. The molecule has 2 rings (SSSR count). The molecule has 1 aliphatic rings. The van der Waals surface area contributed by atoms with Crippen molar-refractivity contribution in [3.63, 3.8) is 0 Å². The lowest BCUT2D eigenvalue weighted by Gasteiger charge is -2.39. The molecule has 0 radical (unpaired) electrons. The Kier molecular flexibility index (Phi) is 4.18. The number of aliphatic carboxylic acids is 1. The van der Waals surface area contributed by atoms with Crippen LogP contribution in [0.1, 0.15) is 38.2 Å². The Hall–Kier alpha value is -2.16. The quantitative estimate of drug-likeness (QED) is 0.900. The molecular weight excluding hydrogens is 256 g/mol. The fraction of sp³-hybridized carbons (Fsp3) is 0.571. The molecule has 0 aromatic carbocycles. The zero-order valence-electron chi connectivity index (χ0n) is 11.5. The highest BCUT2D eigenvalue weighted by atomic mass is 16.4. The minimum Gasteiger partial charge on any atom is -0.481 e. The predicted octanol–water partition coefficient (Wildman–Crippen LogP) is 1.82. The van der Waals surface area contributed by atoms with E-state index in [1.54, 1.807) is 6.07 Å². The Labute approximate surface area is 118 Å². The number of rotatable bonds is 4. The summed E-state index contributed by atoms with van der Waals surface area (Å²) in [7, 11) is 0. The molecule has 0 spiro atoms. The average molecular weight is 274 g/mol. The summed E-state index contributed by atoms with van der Waals surface area (Å²) in [6, 6.07) is 3.73. The third-order valence-electron chi connectivity index (χ3n) is 4.02. The fourth-order valence-electron chi connectivity index (χ4n) is 2.84. The van der Waals surface area contributed by atoms with Gasteiger partial charge < -0.3 is 10.0 Å². The molecule has 20 heavy (non-hydrogen) atoms. The maximum absolute atomic E-state index is 11.5. The maximum Gasteiger partial charge on any atom is 0.309 e. The Morgan fingerprint density at radius 1 is 1.55 bits per heavy atom. The van der Waals surface area contributed by atoms with Crippen molar-refractivity contribution in [1.82, 2.24) is 10.2 Å². The van der Waals surface area contributed by atoms with Gasteiger partial charge in [0.25, 0.3) is 0 Å². The van der Waals surface area contributed by atoms with Gasteiger partial charge in [0.2, 0.25) is 0 Å². The van der Waals surface area contributed by atoms with E-state index >= 15 is 0 Å². The van der Waals surface area contributed by atoms with Crippen molar-refractivity contribution in [3.05, 3.63) is 17.8 Å². The van der Waals surface area contributed by atoms with E-state index in [0.29, 0.717) is 43.7 Å². The monoisotopic (exact) mass is 274 g/mol. The topological polar surface area (TPSA) is 90.1 Å². The summed E-state index contributed by atoms with van der Waals surface area (Å²) in [5.74, 6) is -0.149. The highest BCUT2D eigenvalue weighted by molar-refractivity contribution is 5.75. The van der Waals surface area contributed by atoms with E-state index in [9.17, 15) is 9.90 Å². The van der Waals surface area contributed by atoms with Crippen molar-refractivity contribution >= 4 is 11.8 Å². The molecular formula is C14H18N4O2. The molecule has 1 aliphatic heterocycles. The van der Waals surface area contributed by atoms with Crippen LogP contribution in [0.15, 0.2) is 12.3 Å². The second kappa shape index (κ2) is 5.87. The van der Waals surface area contributed by atoms with Crippen LogP contribution in [0.2, 0.25) is 0 Å². The highest BCUT2D eigenvalue weighted by Gasteiger charge is 2.41. The number of anilines is 1. The molecule has 0 atom stereocenters. The van der Waals surface area contributed by atoms with Crippen LogP contribution >= 0.6 is 0 Å². The van der Waals surface area contributed by atoms with Crippen LogP contribution in [0, 0.1) is 16.7 Å². The lowest BCUT2D eigenvalue weighted by molar-refractivity contribution is -0.150. The van der Waals surface area contributed by atoms with Crippen LogP contribution in [0.3, 0.4) is 0 Å². The molecule has 0 saturated carbocycles. The second-order valence-corrected chi connectivity index (χ2v) is 5.20. The Morgan fingerprint density at radius 2 is 2.25 bits per heavy atom. The number of hydrogen-bond donors (Lipinski definition) is 1. The zero-order chi connectivity index (χ0) is 14.6. The zero-order valence-corrected chi connectivity index (χ0v) is 11.5. The van der Waals surface area contributed by atoms with Gasteiger partial charge in [-0.05, 0) is 25.3 Å². The maximum atomic E-state index is 11.5. The van der Waals surface area contributed by atoms with Crippen molar-refractivity contribution in [2.45, 2.75) is 32.6 Å². The summed E-state index contributed by atoms with van der Waals surface area (Å²) in [5, 5.41) is 26.4. The molecule has 6 nitrogen and oxygen atoms in total. The third-order valence-corrected chi connectivity index (χ3v) is 4.02. The van der Waals surface area contributed by atoms with Gasteiger partial charge in [-0.2, -0.15) is 10.4 Å². The molecule has 106 valence electrons. The van der Waals surface area contributed by atoms with Crippen LogP contribution in [-0.4, -0.2) is 34.4 Å². The van der Waals surface area contributed by atoms with E-state index in [2.05, 4.69) is 16.3 Å². The number of nitriles is 1. The summed E-state index contributed by atoms with van der Waals surface area (Å²) in [5.41, 5.74) is -0.140. The Morgan fingerprint density at radius 3 is 2.80 bits per heavy atom. The van der Waals surface area contributed by atoms with Crippen LogP contribution in [0.25, 0.3) is 0 Å². The van der Waals surface area contributed by atoms with Gasteiger partial charge in [-0.15, -0.1) is 5.10 Å². The van der Waals surface area contributed by atoms with E-state index < -0.39 is 11.4 Å². The number of hydrogen-bond acceptors (Lipinski definition) is 5. The molecule has 0 bridgehead atoms. The first-order valence-corrected chi connectivity index (χ1v) is 6.83.